The van der Waals surface area contributed by atoms with Crippen LogP contribution in [0.25, 0.3) is 6.08 Å². The van der Waals surface area contributed by atoms with E-state index >= 15 is 0 Å². The second-order valence-electron chi connectivity index (χ2n) is 5.36. The molecule has 1 aliphatic rings. The van der Waals surface area contributed by atoms with Crippen molar-refractivity contribution in [2.45, 2.75) is 6.61 Å². The van der Waals surface area contributed by atoms with Crippen molar-refractivity contribution < 1.29 is 18.7 Å². The van der Waals surface area contributed by atoms with Gasteiger partial charge in [-0.1, -0.05) is 34.1 Å². The Balaban J connectivity index is 1.90. The van der Waals surface area contributed by atoms with Crippen molar-refractivity contribution in [3.05, 3.63) is 69.5 Å². The van der Waals surface area contributed by atoms with E-state index in [0.717, 1.165) is 4.47 Å². The minimum Gasteiger partial charge on any atom is -0.488 e. The Morgan fingerprint density at radius 2 is 1.81 bits per heavy atom. The van der Waals surface area contributed by atoms with E-state index in [0.29, 0.717) is 16.9 Å². The highest BCUT2D eigenvalue weighted by molar-refractivity contribution is 9.10. The Morgan fingerprint density at radius 3 is 2.50 bits per heavy atom. The first-order valence-corrected chi connectivity index (χ1v) is 8.68. The van der Waals surface area contributed by atoms with Gasteiger partial charge in [0.25, 0.3) is 11.8 Å². The van der Waals surface area contributed by atoms with E-state index in [9.17, 15) is 14.0 Å². The van der Waals surface area contributed by atoms with E-state index in [1.807, 2.05) is 0 Å². The minimum atomic E-state index is -0.598. The lowest BCUT2D eigenvalue weighted by Gasteiger charge is -2.17. The van der Waals surface area contributed by atoms with Gasteiger partial charge in [0.2, 0.25) is 0 Å². The first-order valence-electron chi connectivity index (χ1n) is 7.48. The summed E-state index contributed by atoms with van der Waals surface area (Å²) in [4.78, 5) is 24.0. The molecule has 0 radical (unpaired) electrons. The summed E-state index contributed by atoms with van der Waals surface area (Å²) >= 11 is 8.11. The largest absolute Gasteiger partial charge is 0.488 e. The van der Waals surface area contributed by atoms with Gasteiger partial charge in [-0.15, -0.1) is 0 Å². The molecule has 0 bridgehead atoms. The second kappa shape index (κ2) is 7.76. The summed E-state index contributed by atoms with van der Waals surface area (Å²) in [5.41, 5.74) is 0.781. The van der Waals surface area contributed by atoms with Crippen LogP contribution in [0.1, 0.15) is 11.1 Å². The monoisotopic (exact) mass is 434 g/mol. The van der Waals surface area contributed by atoms with Gasteiger partial charge in [0.05, 0.1) is 0 Å². The summed E-state index contributed by atoms with van der Waals surface area (Å²) in [5, 5.41) is 4.70. The molecule has 0 aliphatic carbocycles. The number of carbonyl (C=O) groups is 2. The van der Waals surface area contributed by atoms with Gasteiger partial charge in [-0.05, 0) is 42.6 Å². The van der Waals surface area contributed by atoms with Crippen LogP contribution in [0, 0.1) is 5.82 Å². The van der Waals surface area contributed by atoms with E-state index in [1.165, 1.54) is 12.1 Å². The van der Waals surface area contributed by atoms with Crippen molar-refractivity contribution in [3.63, 3.8) is 0 Å². The van der Waals surface area contributed by atoms with Gasteiger partial charge < -0.3 is 4.74 Å². The fourth-order valence-electron chi connectivity index (χ4n) is 2.30. The lowest BCUT2D eigenvalue weighted by Crippen LogP contribution is -2.51. The van der Waals surface area contributed by atoms with Crippen molar-refractivity contribution >= 4 is 51.2 Å². The number of carbonyl (C=O) groups excluding carboxylic acids is 2. The molecular formula is C18H12BrFN2O3S. The number of rotatable bonds is 4. The topological polar surface area (TPSA) is 67.4 Å². The van der Waals surface area contributed by atoms with Gasteiger partial charge in [-0.25, -0.2) is 4.39 Å². The molecular weight excluding hydrogens is 423 g/mol. The molecule has 1 fully saturated rings. The van der Waals surface area contributed by atoms with E-state index in [-0.39, 0.29) is 23.1 Å². The number of ether oxygens (including phenoxy) is 1. The van der Waals surface area contributed by atoms with Gasteiger partial charge >= 0.3 is 0 Å². The van der Waals surface area contributed by atoms with Gasteiger partial charge in [-0.3, -0.25) is 20.2 Å². The van der Waals surface area contributed by atoms with Crippen LogP contribution in [0.15, 0.2) is 52.5 Å². The molecule has 132 valence electrons. The van der Waals surface area contributed by atoms with Gasteiger partial charge in [-0.2, -0.15) is 0 Å². The van der Waals surface area contributed by atoms with Crippen molar-refractivity contribution in [3.8, 4) is 5.75 Å². The Labute approximate surface area is 162 Å². The fourth-order valence-corrected chi connectivity index (χ4v) is 2.86. The number of thiocarbonyl (C=S) groups is 1. The van der Waals surface area contributed by atoms with Crippen LogP contribution in [-0.2, 0) is 16.2 Å². The Morgan fingerprint density at radius 1 is 1.12 bits per heavy atom. The minimum absolute atomic E-state index is 0.00690. The predicted octanol–water partition coefficient (Wildman–Crippen LogP) is 3.08. The van der Waals surface area contributed by atoms with Crippen LogP contribution in [0.2, 0.25) is 0 Å². The van der Waals surface area contributed by atoms with E-state index in [2.05, 4.69) is 26.6 Å². The number of hydrogen-bond acceptors (Lipinski definition) is 4. The summed E-state index contributed by atoms with van der Waals surface area (Å²) in [7, 11) is 0. The third-order valence-corrected chi connectivity index (χ3v) is 4.25. The molecule has 26 heavy (non-hydrogen) atoms. The Hall–Kier alpha value is -2.58. The summed E-state index contributed by atoms with van der Waals surface area (Å²) in [6.45, 7) is 0.00690. The number of hydrogen-bond donors (Lipinski definition) is 2. The van der Waals surface area contributed by atoms with E-state index < -0.39 is 11.8 Å². The molecule has 0 atom stereocenters. The normalized spacial score (nSPS) is 13.9. The molecule has 1 heterocycles. The molecule has 2 aromatic carbocycles. The smallest absolute Gasteiger partial charge is 0.263 e. The average Bonchev–Trinajstić information content (AvgIpc) is 2.58. The highest BCUT2D eigenvalue weighted by Gasteiger charge is 2.26. The molecule has 2 aromatic rings. The molecule has 5 nitrogen and oxygen atoms in total. The maximum atomic E-state index is 13.8. The van der Waals surface area contributed by atoms with E-state index in [1.54, 1.807) is 36.4 Å². The first kappa shape index (κ1) is 18.2. The Bertz CT molecular complexity index is 924. The van der Waals surface area contributed by atoms with Crippen LogP contribution in [-0.4, -0.2) is 16.9 Å². The van der Waals surface area contributed by atoms with Gasteiger partial charge in [0.1, 0.15) is 23.7 Å². The number of amides is 2. The molecule has 2 N–H and O–H groups in total. The lowest BCUT2D eigenvalue weighted by atomic mass is 10.1. The van der Waals surface area contributed by atoms with Gasteiger partial charge in [0.15, 0.2) is 5.11 Å². The quantitative estimate of drug-likeness (QED) is 0.440. The molecule has 0 spiro atoms. The van der Waals surface area contributed by atoms with Crippen LogP contribution in [0.3, 0.4) is 0 Å². The predicted molar refractivity (Wildman–Crippen MR) is 102 cm³/mol. The maximum absolute atomic E-state index is 13.8. The van der Waals surface area contributed by atoms with Gasteiger partial charge in [0, 0.05) is 15.6 Å². The van der Waals surface area contributed by atoms with E-state index in [4.69, 9.17) is 17.0 Å². The second-order valence-corrected chi connectivity index (χ2v) is 6.68. The third-order valence-electron chi connectivity index (χ3n) is 3.56. The lowest BCUT2D eigenvalue weighted by molar-refractivity contribution is -0.123. The van der Waals surface area contributed by atoms with Crippen LogP contribution >= 0.6 is 28.1 Å². The van der Waals surface area contributed by atoms with Crippen molar-refractivity contribution in [2.24, 2.45) is 0 Å². The molecule has 1 aliphatic heterocycles. The molecule has 2 amide bonds. The Kier molecular flexibility index (Phi) is 5.43. The SMILES string of the molecule is O=C1NC(=S)NC(=O)C1=Cc1cc(Br)ccc1OCc1ccccc1F. The molecule has 3 rings (SSSR count). The molecule has 0 aromatic heterocycles. The van der Waals surface area contributed by atoms with Crippen molar-refractivity contribution in [1.29, 1.82) is 0 Å². The zero-order valence-electron chi connectivity index (χ0n) is 13.2. The zero-order chi connectivity index (χ0) is 18.7. The van der Waals surface area contributed by atoms with Crippen LogP contribution in [0.4, 0.5) is 4.39 Å². The van der Waals surface area contributed by atoms with Crippen molar-refractivity contribution in [2.75, 3.05) is 0 Å². The van der Waals surface area contributed by atoms with Crippen molar-refractivity contribution in [1.82, 2.24) is 10.6 Å². The summed E-state index contributed by atoms with van der Waals surface area (Å²) in [5.74, 6) is -1.17. The third kappa shape index (κ3) is 4.14. The zero-order valence-corrected chi connectivity index (χ0v) is 15.6. The standard InChI is InChI=1S/C18H12BrFN2O3S/c19-12-5-6-15(25-9-10-3-1-2-4-14(10)20)11(7-12)8-13-16(23)21-18(26)22-17(13)24/h1-8H,9H2,(H2,21,22,23,24,26). The fraction of sp³-hybridized carbons (Fsp3) is 0.0556. The highest BCUT2D eigenvalue weighted by Crippen LogP contribution is 2.27. The highest BCUT2D eigenvalue weighted by atomic mass is 79.9. The van der Waals surface area contributed by atoms with Crippen LogP contribution in [0.5, 0.6) is 5.75 Å². The van der Waals surface area contributed by atoms with Crippen LogP contribution < -0.4 is 15.4 Å². The summed E-state index contributed by atoms with van der Waals surface area (Å²) in [6.07, 6.45) is 1.40. The first-order chi connectivity index (χ1) is 12.4. The number of halogens is 2. The molecule has 8 heteroatoms. The molecule has 0 saturated carbocycles. The number of benzene rings is 2. The average molecular weight is 435 g/mol. The number of nitrogens with one attached hydrogen (secondary N) is 2. The summed E-state index contributed by atoms with van der Waals surface area (Å²) < 4.78 is 20.2. The summed E-state index contributed by atoms with van der Waals surface area (Å²) in [6, 6.07) is 11.4. The maximum Gasteiger partial charge on any atom is 0.263 e. The molecule has 1 saturated heterocycles. The molecule has 0 unspecified atom stereocenters.